The molecule has 1 aromatic carbocycles. The second-order valence-electron chi connectivity index (χ2n) is 9.36. The maximum atomic E-state index is 13.5. The zero-order chi connectivity index (χ0) is 22.6. The van der Waals surface area contributed by atoms with Gasteiger partial charge in [0, 0.05) is 32.2 Å². The van der Waals surface area contributed by atoms with Gasteiger partial charge in [-0.05, 0) is 23.8 Å². The van der Waals surface area contributed by atoms with Gasteiger partial charge in [-0.1, -0.05) is 51.1 Å². The molecule has 2 heterocycles. The molecule has 2 fully saturated rings. The Morgan fingerprint density at radius 2 is 1.81 bits per heavy atom. The van der Waals surface area contributed by atoms with Crippen LogP contribution >= 0.6 is 0 Å². The highest BCUT2D eigenvalue weighted by molar-refractivity contribution is 5.86. The molecule has 0 bridgehead atoms. The number of nitrogens with zero attached hydrogens (tertiary/aromatic N) is 3. The Labute approximate surface area is 183 Å². The predicted octanol–water partition coefficient (Wildman–Crippen LogP) is 2.43. The zero-order valence-corrected chi connectivity index (χ0v) is 18.6. The van der Waals surface area contributed by atoms with Gasteiger partial charge in [0.2, 0.25) is 11.8 Å². The minimum atomic E-state index is -1.11. The van der Waals surface area contributed by atoms with Crippen molar-refractivity contribution in [1.82, 2.24) is 14.7 Å². The Balaban J connectivity index is 1.72. The summed E-state index contributed by atoms with van der Waals surface area (Å²) in [6.45, 7) is 8.14. The molecule has 2 saturated heterocycles. The van der Waals surface area contributed by atoms with Gasteiger partial charge in [-0.25, -0.2) is 4.79 Å². The molecule has 170 valence electrons. The van der Waals surface area contributed by atoms with Gasteiger partial charge in [0.05, 0.1) is 6.61 Å². The Morgan fingerprint density at radius 3 is 2.35 bits per heavy atom. The van der Waals surface area contributed by atoms with Crippen molar-refractivity contribution in [2.45, 2.75) is 52.2 Å². The molecule has 31 heavy (non-hydrogen) atoms. The van der Waals surface area contributed by atoms with Crippen LogP contribution in [0.1, 0.15) is 39.2 Å². The van der Waals surface area contributed by atoms with E-state index in [-0.39, 0.29) is 31.0 Å². The van der Waals surface area contributed by atoms with Crippen LogP contribution in [0.5, 0.6) is 0 Å². The topological polar surface area (TPSA) is 90.4 Å². The number of hydrogen-bond donors (Lipinski definition) is 1. The molecule has 0 unspecified atom stereocenters. The molecule has 0 saturated carbocycles. The van der Waals surface area contributed by atoms with E-state index in [1.807, 2.05) is 56.0 Å². The van der Waals surface area contributed by atoms with Crippen LogP contribution in [0.25, 0.3) is 0 Å². The zero-order valence-electron chi connectivity index (χ0n) is 18.6. The van der Waals surface area contributed by atoms with Gasteiger partial charge in [0.15, 0.2) is 0 Å². The third kappa shape index (κ3) is 5.55. The van der Waals surface area contributed by atoms with Crippen molar-refractivity contribution in [2.75, 3.05) is 32.8 Å². The van der Waals surface area contributed by atoms with E-state index >= 15 is 0 Å². The summed E-state index contributed by atoms with van der Waals surface area (Å²) < 4.78 is 5.21. The van der Waals surface area contributed by atoms with Crippen LogP contribution in [0, 0.1) is 5.41 Å². The molecule has 1 aromatic rings. The molecule has 3 rings (SSSR count). The largest absolute Gasteiger partial charge is 0.465 e. The minimum Gasteiger partial charge on any atom is -0.465 e. The highest BCUT2D eigenvalue weighted by atomic mass is 16.5. The van der Waals surface area contributed by atoms with E-state index in [1.165, 1.54) is 4.90 Å². The number of carboxylic acid groups (broad SMARTS) is 1. The molecule has 8 heteroatoms. The summed E-state index contributed by atoms with van der Waals surface area (Å²) >= 11 is 0. The van der Waals surface area contributed by atoms with E-state index in [0.717, 1.165) is 5.56 Å². The van der Waals surface area contributed by atoms with Crippen molar-refractivity contribution in [2.24, 2.45) is 5.41 Å². The first kappa shape index (κ1) is 23.1. The molecule has 0 radical (unpaired) electrons. The van der Waals surface area contributed by atoms with Gasteiger partial charge in [-0.2, -0.15) is 0 Å². The first-order valence-electron chi connectivity index (χ1n) is 10.9. The Morgan fingerprint density at radius 1 is 1.16 bits per heavy atom. The fourth-order valence-corrected chi connectivity index (χ4v) is 4.51. The highest BCUT2D eigenvalue weighted by Crippen LogP contribution is 2.29. The molecule has 2 aliphatic rings. The summed E-state index contributed by atoms with van der Waals surface area (Å²) in [5, 5.41) is 9.96. The second-order valence-corrected chi connectivity index (χ2v) is 9.36. The summed E-state index contributed by atoms with van der Waals surface area (Å²) in [7, 11) is 0. The van der Waals surface area contributed by atoms with E-state index in [4.69, 9.17) is 4.74 Å². The van der Waals surface area contributed by atoms with E-state index in [0.29, 0.717) is 39.1 Å². The van der Waals surface area contributed by atoms with E-state index in [2.05, 4.69) is 0 Å². The smallest absolute Gasteiger partial charge is 0.408 e. The van der Waals surface area contributed by atoms with Crippen molar-refractivity contribution in [1.29, 1.82) is 0 Å². The van der Waals surface area contributed by atoms with Crippen molar-refractivity contribution in [3.63, 3.8) is 0 Å². The minimum absolute atomic E-state index is 0.00325. The van der Waals surface area contributed by atoms with Gasteiger partial charge in [0.1, 0.15) is 12.6 Å². The number of carbonyl (C=O) groups excluding carboxylic acids is 2. The molecular formula is C23H33N3O5. The van der Waals surface area contributed by atoms with Crippen LogP contribution in [0.2, 0.25) is 0 Å². The third-order valence-corrected chi connectivity index (χ3v) is 6.05. The fraction of sp³-hybridized carbons (Fsp3) is 0.609. The summed E-state index contributed by atoms with van der Waals surface area (Å²) in [4.78, 5) is 42.7. The van der Waals surface area contributed by atoms with Crippen LogP contribution < -0.4 is 0 Å². The summed E-state index contributed by atoms with van der Waals surface area (Å²) in [6, 6.07) is 8.64. The number of rotatable bonds is 5. The number of morpholine rings is 1. The Bertz CT molecular complexity index is 784. The number of benzene rings is 1. The average molecular weight is 432 g/mol. The molecular weight excluding hydrogens is 398 g/mol. The molecule has 0 aromatic heterocycles. The van der Waals surface area contributed by atoms with Crippen molar-refractivity contribution >= 4 is 17.9 Å². The SMILES string of the molecule is CC(C)(C)[C@H](C(=O)N1CCC(N2CCOCC2=O)CC1)N(Cc1ccccc1)C(=O)O. The number of amides is 3. The van der Waals surface area contributed by atoms with E-state index in [9.17, 15) is 19.5 Å². The number of hydrogen-bond acceptors (Lipinski definition) is 4. The number of piperidine rings is 1. The number of ether oxygens (including phenoxy) is 1. The lowest BCUT2D eigenvalue weighted by Crippen LogP contribution is -2.59. The van der Waals surface area contributed by atoms with Crippen LogP contribution in [0.15, 0.2) is 30.3 Å². The van der Waals surface area contributed by atoms with E-state index < -0.39 is 17.6 Å². The number of likely N-dealkylation sites (tertiary alicyclic amines) is 1. The van der Waals surface area contributed by atoms with Gasteiger partial charge in [0.25, 0.3) is 0 Å². The van der Waals surface area contributed by atoms with Gasteiger partial charge < -0.3 is 19.6 Å². The normalized spacial score (nSPS) is 19.3. The third-order valence-electron chi connectivity index (χ3n) is 6.05. The summed E-state index contributed by atoms with van der Waals surface area (Å²) in [5.74, 6) is -0.166. The predicted molar refractivity (Wildman–Crippen MR) is 115 cm³/mol. The van der Waals surface area contributed by atoms with Gasteiger partial charge in [-0.15, -0.1) is 0 Å². The van der Waals surface area contributed by atoms with Crippen LogP contribution in [-0.2, 0) is 20.9 Å². The Kier molecular flexibility index (Phi) is 7.20. The average Bonchev–Trinajstić information content (AvgIpc) is 2.73. The van der Waals surface area contributed by atoms with Gasteiger partial charge in [-0.3, -0.25) is 14.5 Å². The molecule has 1 atom stereocenters. The van der Waals surface area contributed by atoms with E-state index in [1.54, 1.807) is 4.90 Å². The van der Waals surface area contributed by atoms with Crippen molar-refractivity contribution in [3.05, 3.63) is 35.9 Å². The highest BCUT2D eigenvalue weighted by Gasteiger charge is 2.42. The van der Waals surface area contributed by atoms with Crippen molar-refractivity contribution in [3.8, 4) is 0 Å². The lowest BCUT2D eigenvalue weighted by Gasteiger charge is -2.44. The molecule has 0 aliphatic carbocycles. The monoisotopic (exact) mass is 431 g/mol. The molecule has 0 spiro atoms. The quantitative estimate of drug-likeness (QED) is 0.773. The maximum absolute atomic E-state index is 13.5. The van der Waals surface area contributed by atoms with Crippen LogP contribution in [0.4, 0.5) is 4.79 Å². The van der Waals surface area contributed by atoms with Gasteiger partial charge >= 0.3 is 6.09 Å². The van der Waals surface area contributed by atoms with Crippen LogP contribution in [0.3, 0.4) is 0 Å². The standard InChI is InChI=1S/C23H33N3O5/c1-23(2,3)20(26(22(29)30)15-17-7-5-4-6-8-17)21(28)24-11-9-18(10-12-24)25-13-14-31-16-19(25)27/h4-8,18,20H,9-16H2,1-3H3,(H,29,30)/t20-/m0/s1. The first-order valence-corrected chi connectivity index (χ1v) is 10.9. The maximum Gasteiger partial charge on any atom is 0.408 e. The lowest BCUT2D eigenvalue weighted by atomic mass is 9.84. The van der Waals surface area contributed by atoms with Crippen molar-refractivity contribution < 1.29 is 24.2 Å². The van der Waals surface area contributed by atoms with Crippen LogP contribution in [-0.4, -0.2) is 82.6 Å². The second kappa shape index (κ2) is 9.68. The lowest BCUT2D eigenvalue weighted by molar-refractivity contribution is -0.148. The number of carbonyl (C=O) groups is 3. The molecule has 8 nitrogen and oxygen atoms in total. The fourth-order valence-electron chi connectivity index (χ4n) is 4.51. The molecule has 2 aliphatic heterocycles. The summed E-state index contributed by atoms with van der Waals surface area (Å²) in [5.41, 5.74) is 0.276. The summed E-state index contributed by atoms with van der Waals surface area (Å²) in [6.07, 6.45) is 0.283. The molecule has 3 amide bonds. The first-order chi connectivity index (χ1) is 14.7. The molecule has 1 N–H and O–H groups in total. The Hall–Kier alpha value is -2.61.